The largest absolute Gasteiger partial charge is 0.372 e. The SMILES string of the molecule is CC1CCN(c2ccc(NC(=O)CCc3nc4ccccc4c(=O)n3C)cc2)CC1. The molecule has 3 aromatic rings. The number of para-hydroxylation sites is 1. The summed E-state index contributed by atoms with van der Waals surface area (Å²) in [5.41, 5.74) is 2.57. The van der Waals surface area contributed by atoms with Crippen molar-refractivity contribution >= 4 is 28.2 Å². The number of fused-ring (bicyclic) bond motifs is 1. The molecule has 0 atom stereocenters. The summed E-state index contributed by atoms with van der Waals surface area (Å²) in [4.78, 5) is 31.9. The molecule has 0 unspecified atom stereocenters. The Hall–Kier alpha value is -3.15. The summed E-state index contributed by atoms with van der Waals surface area (Å²) in [6.45, 7) is 4.48. The van der Waals surface area contributed by atoms with Crippen LogP contribution in [0.25, 0.3) is 10.9 Å². The van der Waals surface area contributed by atoms with Crippen molar-refractivity contribution in [3.8, 4) is 0 Å². The number of carbonyl (C=O) groups excluding carboxylic acids is 1. The number of anilines is 2. The third-order valence-electron chi connectivity index (χ3n) is 5.95. The molecular weight excluding hydrogens is 376 g/mol. The predicted octanol–water partition coefficient (Wildman–Crippen LogP) is 3.74. The van der Waals surface area contributed by atoms with E-state index in [9.17, 15) is 9.59 Å². The Labute approximate surface area is 176 Å². The molecule has 4 rings (SSSR count). The first-order valence-corrected chi connectivity index (χ1v) is 10.6. The maximum absolute atomic E-state index is 12.5. The number of hydrogen-bond donors (Lipinski definition) is 1. The summed E-state index contributed by atoms with van der Waals surface area (Å²) in [5.74, 6) is 1.33. The molecule has 0 aliphatic carbocycles. The molecule has 1 aromatic heterocycles. The minimum Gasteiger partial charge on any atom is -0.372 e. The van der Waals surface area contributed by atoms with E-state index in [1.165, 1.54) is 23.1 Å². The van der Waals surface area contributed by atoms with Crippen molar-refractivity contribution in [2.75, 3.05) is 23.3 Å². The van der Waals surface area contributed by atoms with Crippen LogP contribution in [-0.4, -0.2) is 28.5 Å². The van der Waals surface area contributed by atoms with Crippen LogP contribution in [-0.2, 0) is 18.3 Å². The van der Waals surface area contributed by atoms with Crippen molar-refractivity contribution in [3.63, 3.8) is 0 Å². The molecule has 30 heavy (non-hydrogen) atoms. The van der Waals surface area contributed by atoms with Gasteiger partial charge in [0, 0.05) is 44.4 Å². The highest BCUT2D eigenvalue weighted by atomic mass is 16.1. The lowest BCUT2D eigenvalue weighted by Crippen LogP contribution is -2.32. The zero-order valence-electron chi connectivity index (χ0n) is 17.6. The van der Waals surface area contributed by atoms with Crippen LogP contribution in [0.5, 0.6) is 0 Å². The highest BCUT2D eigenvalue weighted by molar-refractivity contribution is 5.91. The quantitative estimate of drug-likeness (QED) is 0.703. The van der Waals surface area contributed by atoms with Crippen LogP contribution in [0.1, 0.15) is 32.0 Å². The molecule has 1 aliphatic heterocycles. The molecule has 0 spiro atoms. The fraction of sp³-hybridized carbons (Fsp3) is 0.375. The first kappa shape index (κ1) is 20.1. The first-order valence-electron chi connectivity index (χ1n) is 10.6. The van der Waals surface area contributed by atoms with Crippen molar-refractivity contribution in [2.45, 2.75) is 32.6 Å². The van der Waals surface area contributed by atoms with Gasteiger partial charge >= 0.3 is 0 Å². The van der Waals surface area contributed by atoms with E-state index >= 15 is 0 Å². The van der Waals surface area contributed by atoms with Crippen molar-refractivity contribution in [2.24, 2.45) is 13.0 Å². The third-order valence-corrected chi connectivity index (χ3v) is 5.95. The number of aryl methyl sites for hydroxylation is 1. The minimum atomic E-state index is -0.0862. The monoisotopic (exact) mass is 404 g/mol. The van der Waals surface area contributed by atoms with E-state index in [4.69, 9.17) is 0 Å². The average Bonchev–Trinajstić information content (AvgIpc) is 2.76. The topological polar surface area (TPSA) is 67.2 Å². The maximum atomic E-state index is 12.5. The van der Waals surface area contributed by atoms with Crippen LogP contribution in [0.3, 0.4) is 0 Å². The van der Waals surface area contributed by atoms with Gasteiger partial charge in [0.2, 0.25) is 5.91 Å². The molecule has 1 saturated heterocycles. The fourth-order valence-electron chi connectivity index (χ4n) is 3.96. The molecule has 0 saturated carbocycles. The highest BCUT2D eigenvalue weighted by Crippen LogP contribution is 2.24. The molecule has 1 aliphatic rings. The Morgan fingerprint density at radius 1 is 1.10 bits per heavy atom. The van der Waals surface area contributed by atoms with Gasteiger partial charge in [0.05, 0.1) is 10.9 Å². The number of aromatic nitrogens is 2. The molecule has 0 radical (unpaired) electrons. The lowest BCUT2D eigenvalue weighted by molar-refractivity contribution is -0.116. The summed E-state index contributed by atoms with van der Waals surface area (Å²) in [5, 5.41) is 3.54. The van der Waals surface area contributed by atoms with E-state index in [0.29, 0.717) is 23.1 Å². The second-order valence-corrected chi connectivity index (χ2v) is 8.17. The number of carbonyl (C=O) groups is 1. The first-order chi connectivity index (χ1) is 14.5. The number of piperidine rings is 1. The van der Waals surface area contributed by atoms with Crippen LogP contribution < -0.4 is 15.8 Å². The molecule has 2 heterocycles. The van der Waals surface area contributed by atoms with E-state index < -0.39 is 0 Å². The van der Waals surface area contributed by atoms with Crippen LogP contribution in [0.4, 0.5) is 11.4 Å². The molecule has 2 aromatic carbocycles. The Morgan fingerprint density at radius 3 is 2.53 bits per heavy atom. The Morgan fingerprint density at radius 2 is 1.80 bits per heavy atom. The van der Waals surface area contributed by atoms with Gasteiger partial charge in [-0.2, -0.15) is 0 Å². The minimum absolute atomic E-state index is 0.0845. The molecule has 6 heteroatoms. The number of hydrogen-bond acceptors (Lipinski definition) is 4. The summed E-state index contributed by atoms with van der Waals surface area (Å²) < 4.78 is 1.53. The van der Waals surface area contributed by atoms with Gasteiger partial charge in [-0.15, -0.1) is 0 Å². The van der Waals surface area contributed by atoms with E-state index in [0.717, 1.165) is 24.7 Å². The van der Waals surface area contributed by atoms with Crippen molar-refractivity contribution < 1.29 is 4.79 Å². The molecular formula is C24H28N4O2. The Bertz CT molecular complexity index is 1100. The molecule has 0 bridgehead atoms. The summed E-state index contributed by atoms with van der Waals surface area (Å²) >= 11 is 0. The van der Waals surface area contributed by atoms with Gasteiger partial charge in [-0.05, 0) is 55.2 Å². The van der Waals surface area contributed by atoms with Gasteiger partial charge < -0.3 is 10.2 Å². The molecule has 6 nitrogen and oxygen atoms in total. The average molecular weight is 405 g/mol. The standard InChI is InChI=1S/C24H28N4O2/c1-17-13-15-28(16-14-17)19-9-7-18(8-10-19)25-23(29)12-11-22-26-21-6-4-3-5-20(21)24(30)27(22)2/h3-10,17H,11-16H2,1-2H3,(H,25,29). The van der Waals surface area contributed by atoms with Crippen molar-refractivity contribution in [1.29, 1.82) is 0 Å². The smallest absolute Gasteiger partial charge is 0.261 e. The summed E-state index contributed by atoms with van der Waals surface area (Å²) in [6.07, 6.45) is 3.13. The van der Waals surface area contributed by atoms with Crippen LogP contribution in [0.2, 0.25) is 0 Å². The molecule has 1 fully saturated rings. The maximum Gasteiger partial charge on any atom is 0.261 e. The van der Waals surface area contributed by atoms with Crippen molar-refractivity contribution in [1.82, 2.24) is 9.55 Å². The lowest BCUT2D eigenvalue weighted by Gasteiger charge is -2.32. The van der Waals surface area contributed by atoms with Crippen molar-refractivity contribution in [3.05, 3.63) is 64.7 Å². The Kier molecular flexibility index (Phi) is 5.84. The number of nitrogens with one attached hydrogen (secondary N) is 1. The zero-order chi connectivity index (χ0) is 21.1. The number of benzene rings is 2. The second kappa shape index (κ2) is 8.69. The van der Waals surface area contributed by atoms with E-state index in [-0.39, 0.29) is 17.9 Å². The van der Waals surface area contributed by atoms with Gasteiger partial charge in [-0.3, -0.25) is 14.2 Å². The van der Waals surface area contributed by atoms with Gasteiger partial charge in [-0.1, -0.05) is 19.1 Å². The van der Waals surface area contributed by atoms with Crippen LogP contribution in [0, 0.1) is 5.92 Å². The van der Waals surface area contributed by atoms with Crippen LogP contribution >= 0.6 is 0 Å². The molecule has 1 amide bonds. The lowest BCUT2D eigenvalue weighted by atomic mass is 9.99. The van der Waals surface area contributed by atoms with Gasteiger partial charge in [-0.25, -0.2) is 4.98 Å². The van der Waals surface area contributed by atoms with Gasteiger partial charge in [0.15, 0.2) is 0 Å². The van der Waals surface area contributed by atoms with E-state index in [1.54, 1.807) is 13.1 Å². The summed E-state index contributed by atoms with van der Waals surface area (Å²) in [6, 6.07) is 15.3. The Balaban J connectivity index is 1.37. The highest BCUT2D eigenvalue weighted by Gasteiger charge is 2.16. The number of rotatable bonds is 5. The predicted molar refractivity (Wildman–Crippen MR) is 121 cm³/mol. The fourth-order valence-corrected chi connectivity index (χ4v) is 3.96. The molecule has 1 N–H and O–H groups in total. The third kappa shape index (κ3) is 4.37. The normalized spacial score (nSPS) is 14.8. The van der Waals surface area contributed by atoms with E-state index in [2.05, 4.69) is 34.3 Å². The number of amides is 1. The van der Waals surface area contributed by atoms with Gasteiger partial charge in [0.1, 0.15) is 5.82 Å². The van der Waals surface area contributed by atoms with E-state index in [1.807, 2.05) is 30.3 Å². The number of nitrogens with zero attached hydrogens (tertiary/aromatic N) is 3. The van der Waals surface area contributed by atoms with Gasteiger partial charge in [0.25, 0.3) is 5.56 Å². The zero-order valence-corrected chi connectivity index (χ0v) is 17.6. The van der Waals surface area contributed by atoms with Crippen LogP contribution in [0.15, 0.2) is 53.3 Å². The second-order valence-electron chi connectivity index (χ2n) is 8.17. The summed E-state index contributed by atoms with van der Waals surface area (Å²) in [7, 11) is 1.70. The molecule has 156 valence electrons.